The Morgan fingerprint density at radius 1 is 1.40 bits per heavy atom. The number of carbonyl (C=O) groups is 1. The lowest BCUT2D eigenvalue weighted by molar-refractivity contribution is 0.0692. The highest BCUT2D eigenvalue weighted by Crippen LogP contribution is 2.22. The summed E-state index contributed by atoms with van der Waals surface area (Å²) in [4.78, 5) is 11.0. The maximum absolute atomic E-state index is 12.0. The van der Waals surface area contributed by atoms with Gasteiger partial charge in [-0.05, 0) is 25.1 Å². The number of carboxylic acid groups (broad SMARTS) is 1. The van der Waals surface area contributed by atoms with Crippen molar-refractivity contribution in [1.82, 2.24) is 4.72 Å². The predicted octanol–water partition coefficient (Wildman–Crippen LogP) is 0.708. The van der Waals surface area contributed by atoms with E-state index in [1.165, 1.54) is 19.2 Å². The van der Waals surface area contributed by atoms with Crippen molar-refractivity contribution in [3.63, 3.8) is 0 Å². The molecule has 20 heavy (non-hydrogen) atoms. The first-order valence-corrected chi connectivity index (χ1v) is 7.39. The molecule has 0 aromatic heterocycles. The van der Waals surface area contributed by atoms with Crippen LogP contribution in [0.2, 0.25) is 0 Å². The maximum atomic E-state index is 12.0. The number of ether oxygens (including phenoxy) is 2. The summed E-state index contributed by atoms with van der Waals surface area (Å²) in [5.74, 6) is -1.11. The molecule has 0 saturated carbocycles. The minimum absolute atomic E-state index is 0.106. The third kappa shape index (κ3) is 4.19. The lowest BCUT2D eigenvalue weighted by Gasteiger charge is -2.10. The van der Waals surface area contributed by atoms with Crippen LogP contribution in [0.4, 0.5) is 0 Å². The Bertz CT molecular complexity index is 569. The van der Waals surface area contributed by atoms with Crippen molar-refractivity contribution in [3.05, 3.63) is 23.8 Å². The van der Waals surface area contributed by atoms with Gasteiger partial charge in [0.15, 0.2) is 0 Å². The van der Waals surface area contributed by atoms with Gasteiger partial charge in [0.05, 0.1) is 18.1 Å². The van der Waals surface area contributed by atoms with E-state index in [0.29, 0.717) is 6.61 Å². The Labute approximate surface area is 117 Å². The SMILES string of the molecule is CCOc1ccc(S(=O)(=O)NCCOC)cc1C(=O)O. The molecule has 8 heteroatoms. The topological polar surface area (TPSA) is 102 Å². The first-order chi connectivity index (χ1) is 9.42. The molecule has 0 bridgehead atoms. The summed E-state index contributed by atoms with van der Waals surface area (Å²) in [5, 5.41) is 9.08. The number of aromatic carboxylic acids is 1. The zero-order valence-electron chi connectivity index (χ0n) is 11.3. The molecular formula is C12H17NO6S. The fourth-order valence-corrected chi connectivity index (χ4v) is 2.53. The third-order valence-electron chi connectivity index (χ3n) is 2.39. The molecule has 0 fully saturated rings. The Morgan fingerprint density at radius 2 is 2.10 bits per heavy atom. The summed E-state index contributed by atoms with van der Waals surface area (Å²) >= 11 is 0. The quantitative estimate of drug-likeness (QED) is 0.686. The van der Waals surface area contributed by atoms with Crippen LogP contribution >= 0.6 is 0 Å². The summed E-state index contributed by atoms with van der Waals surface area (Å²) in [6.07, 6.45) is 0. The van der Waals surface area contributed by atoms with E-state index in [4.69, 9.17) is 14.6 Å². The van der Waals surface area contributed by atoms with E-state index >= 15 is 0 Å². The molecular weight excluding hydrogens is 286 g/mol. The fraction of sp³-hybridized carbons (Fsp3) is 0.417. The molecule has 0 atom stereocenters. The number of sulfonamides is 1. The zero-order valence-corrected chi connectivity index (χ0v) is 12.1. The fourth-order valence-electron chi connectivity index (χ4n) is 1.49. The first-order valence-electron chi connectivity index (χ1n) is 5.91. The molecule has 0 spiro atoms. The zero-order chi connectivity index (χ0) is 15.2. The van der Waals surface area contributed by atoms with E-state index in [1.54, 1.807) is 6.92 Å². The number of hydrogen-bond donors (Lipinski definition) is 2. The van der Waals surface area contributed by atoms with Gasteiger partial charge in [0.2, 0.25) is 10.0 Å². The summed E-state index contributed by atoms with van der Waals surface area (Å²) < 4.78 is 36.1. The van der Waals surface area contributed by atoms with Gasteiger partial charge in [-0.2, -0.15) is 0 Å². The average Bonchev–Trinajstić information content (AvgIpc) is 2.39. The Hall–Kier alpha value is -1.64. The number of nitrogens with one attached hydrogen (secondary N) is 1. The van der Waals surface area contributed by atoms with Crippen molar-refractivity contribution in [2.45, 2.75) is 11.8 Å². The van der Waals surface area contributed by atoms with E-state index in [1.807, 2.05) is 0 Å². The molecule has 0 saturated heterocycles. The highest BCUT2D eigenvalue weighted by molar-refractivity contribution is 7.89. The molecule has 0 amide bonds. The van der Waals surface area contributed by atoms with Crippen LogP contribution in [0, 0.1) is 0 Å². The van der Waals surface area contributed by atoms with Crippen molar-refractivity contribution < 1.29 is 27.8 Å². The van der Waals surface area contributed by atoms with Crippen LogP contribution in [0.15, 0.2) is 23.1 Å². The second-order valence-corrected chi connectivity index (χ2v) is 5.55. The van der Waals surface area contributed by atoms with Gasteiger partial charge in [-0.3, -0.25) is 0 Å². The molecule has 0 heterocycles. The van der Waals surface area contributed by atoms with Crippen LogP contribution < -0.4 is 9.46 Å². The maximum Gasteiger partial charge on any atom is 0.339 e. The van der Waals surface area contributed by atoms with Crippen molar-refractivity contribution in [2.75, 3.05) is 26.9 Å². The summed E-state index contributed by atoms with van der Waals surface area (Å²) in [7, 11) is -2.32. The van der Waals surface area contributed by atoms with Crippen LogP contribution in [0.25, 0.3) is 0 Å². The lowest BCUT2D eigenvalue weighted by Crippen LogP contribution is -2.27. The summed E-state index contributed by atoms with van der Waals surface area (Å²) in [6, 6.07) is 3.70. The molecule has 0 unspecified atom stereocenters. The summed E-state index contributed by atoms with van der Waals surface area (Å²) in [6.45, 7) is 2.33. The van der Waals surface area contributed by atoms with E-state index in [2.05, 4.69) is 4.72 Å². The highest BCUT2D eigenvalue weighted by Gasteiger charge is 2.19. The van der Waals surface area contributed by atoms with Gasteiger partial charge in [-0.1, -0.05) is 0 Å². The van der Waals surface area contributed by atoms with Crippen molar-refractivity contribution >= 4 is 16.0 Å². The Kier molecular flexibility index (Phi) is 5.93. The Balaban J connectivity index is 3.07. The lowest BCUT2D eigenvalue weighted by atomic mass is 10.2. The van der Waals surface area contributed by atoms with Crippen LogP contribution in [-0.2, 0) is 14.8 Å². The molecule has 1 aromatic rings. The second-order valence-electron chi connectivity index (χ2n) is 3.79. The van der Waals surface area contributed by atoms with E-state index < -0.39 is 16.0 Å². The molecule has 0 aliphatic carbocycles. The van der Waals surface area contributed by atoms with Gasteiger partial charge in [0.25, 0.3) is 0 Å². The largest absolute Gasteiger partial charge is 0.493 e. The molecule has 112 valence electrons. The molecule has 0 radical (unpaired) electrons. The smallest absolute Gasteiger partial charge is 0.339 e. The Morgan fingerprint density at radius 3 is 2.65 bits per heavy atom. The van der Waals surface area contributed by atoms with Gasteiger partial charge in [-0.25, -0.2) is 17.9 Å². The minimum atomic E-state index is -3.77. The minimum Gasteiger partial charge on any atom is -0.493 e. The van der Waals surface area contributed by atoms with Gasteiger partial charge in [0.1, 0.15) is 11.3 Å². The van der Waals surface area contributed by atoms with Crippen LogP contribution in [-0.4, -0.2) is 46.4 Å². The van der Waals surface area contributed by atoms with Gasteiger partial charge >= 0.3 is 5.97 Å². The van der Waals surface area contributed by atoms with E-state index in [9.17, 15) is 13.2 Å². The van der Waals surface area contributed by atoms with Gasteiger partial charge < -0.3 is 14.6 Å². The van der Waals surface area contributed by atoms with Crippen molar-refractivity contribution in [2.24, 2.45) is 0 Å². The monoisotopic (exact) mass is 303 g/mol. The molecule has 0 aliphatic heterocycles. The molecule has 0 aliphatic rings. The molecule has 1 rings (SSSR count). The molecule has 1 aromatic carbocycles. The van der Waals surface area contributed by atoms with Crippen LogP contribution in [0.3, 0.4) is 0 Å². The van der Waals surface area contributed by atoms with Gasteiger partial charge in [-0.15, -0.1) is 0 Å². The number of methoxy groups -OCH3 is 1. The molecule has 7 nitrogen and oxygen atoms in total. The third-order valence-corrected chi connectivity index (χ3v) is 3.85. The van der Waals surface area contributed by atoms with E-state index in [-0.39, 0.29) is 29.4 Å². The number of benzene rings is 1. The van der Waals surface area contributed by atoms with E-state index in [0.717, 1.165) is 6.07 Å². The van der Waals surface area contributed by atoms with Crippen LogP contribution in [0.5, 0.6) is 5.75 Å². The average molecular weight is 303 g/mol. The van der Waals surface area contributed by atoms with Crippen LogP contribution in [0.1, 0.15) is 17.3 Å². The first kappa shape index (κ1) is 16.4. The summed E-state index contributed by atoms with van der Waals surface area (Å²) in [5.41, 5.74) is -0.193. The predicted molar refractivity (Wildman–Crippen MR) is 71.6 cm³/mol. The van der Waals surface area contributed by atoms with Gasteiger partial charge in [0, 0.05) is 13.7 Å². The standard InChI is InChI=1S/C12H17NO6S/c1-3-19-11-5-4-9(8-10(11)12(14)15)20(16,17)13-6-7-18-2/h4-5,8,13H,3,6-7H2,1-2H3,(H,14,15). The normalized spacial score (nSPS) is 11.3. The molecule has 2 N–H and O–H groups in total. The number of hydrogen-bond acceptors (Lipinski definition) is 5. The van der Waals surface area contributed by atoms with Crippen molar-refractivity contribution in [1.29, 1.82) is 0 Å². The van der Waals surface area contributed by atoms with Crippen molar-refractivity contribution in [3.8, 4) is 5.75 Å². The second kappa shape index (κ2) is 7.22. The number of rotatable bonds is 8. The highest BCUT2D eigenvalue weighted by atomic mass is 32.2. The number of carboxylic acids is 1.